The molecule has 1 rings (SSSR count). The van der Waals surface area contributed by atoms with E-state index in [2.05, 4.69) is 0 Å². The van der Waals surface area contributed by atoms with Crippen LogP contribution in [0.1, 0.15) is 5.56 Å². The van der Waals surface area contributed by atoms with Crippen molar-refractivity contribution >= 4 is 41.3 Å². The highest BCUT2D eigenvalue weighted by atomic mass is 35.5. The molecule has 6 heteroatoms. The second-order valence-corrected chi connectivity index (χ2v) is 11.6. The van der Waals surface area contributed by atoms with Crippen molar-refractivity contribution in [1.82, 2.24) is 9.34 Å². The summed E-state index contributed by atoms with van der Waals surface area (Å²) >= 11 is 19.0. The predicted molar refractivity (Wildman–Crippen MR) is 86.2 cm³/mol. The summed E-state index contributed by atoms with van der Waals surface area (Å²) in [6, 6.07) is 9.97. The number of halogens is 2. The third kappa shape index (κ3) is 3.27. The standard InChI is InChI=1S/C12H19Cl2N2PS/c1-15(2)17(18,16(3)4)12(13,14)10-11-8-6-5-7-9-11/h5-9H,10H2,1-4H3. The van der Waals surface area contributed by atoms with Gasteiger partial charge in [-0.25, -0.2) is 0 Å². The lowest BCUT2D eigenvalue weighted by molar-refractivity contribution is 0.559. The molecule has 0 fully saturated rings. The predicted octanol–water partition coefficient (Wildman–Crippen LogP) is 3.79. The molecule has 1 aromatic rings. The lowest BCUT2D eigenvalue weighted by atomic mass is 10.2. The summed E-state index contributed by atoms with van der Waals surface area (Å²) in [4.78, 5) is 0. The number of nitrogens with zero attached hydrogens (tertiary/aromatic N) is 2. The molecule has 2 nitrogen and oxygen atoms in total. The fraction of sp³-hybridized carbons (Fsp3) is 0.500. The fourth-order valence-electron chi connectivity index (χ4n) is 1.89. The van der Waals surface area contributed by atoms with Crippen molar-refractivity contribution in [2.75, 3.05) is 28.2 Å². The van der Waals surface area contributed by atoms with E-state index >= 15 is 0 Å². The van der Waals surface area contributed by atoms with E-state index in [0.29, 0.717) is 6.42 Å². The number of rotatable bonds is 5. The quantitative estimate of drug-likeness (QED) is 0.601. The molecular weight excluding hydrogens is 306 g/mol. The van der Waals surface area contributed by atoms with Crippen LogP contribution >= 0.6 is 29.5 Å². The van der Waals surface area contributed by atoms with E-state index < -0.39 is 10.4 Å². The summed E-state index contributed by atoms with van der Waals surface area (Å²) in [6.07, 6.45) is -1.65. The average Bonchev–Trinajstić information content (AvgIpc) is 2.27. The number of alkyl halides is 2. The molecule has 0 bridgehead atoms. The molecule has 0 atom stereocenters. The van der Waals surface area contributed by atoms with Gasteiger partial charge in [-0.3, -0.25) is 9.34 Å². The van der Waals surface area contributed by atoms with Crippen molar-refractivity contribution in [3.8, 4) is 0 Å². The molecule has 0 spiro atoms. The molecule has 0 aliphatic carbocycles. The van der Waals surface area contributed by atoms with Gasteiger partial charge in [0.05, 0.1) is 0 Å². The molecule has 0 saturated carbocycles. The molecule has 0 aliphatic rings. The maximum atomic E-state index is 6.60. The minimum atomic E-state index is -2.20. The first-order chi connectivity index (χ1) is 8.22. The van der Waals surface area contributed by atoms with Crippen LogP contribution < -0.4 is 0 Å². The van der Waals surface area contributed by atoms with Crippen LogP contribution in [0.15, 0.2) is 30.3 Å². The Kier molecular flexibility index (Phi) is 5.67. The Morgan fingerprint density at radius 2 is 1.50 bits per heavy atom. The van der Waals surface area contributed by atoms with Crippen molar-refractivity contribution in [1.29, 1.82) is 0 Å². The molecule has 102 valence electrons. The summed E-state index contributed by atoms with van der Waals surface area (Å²) in [5.41, 5.74) is 1.10. The van der Waals surface area contributed by atoms with Crippen LogP contribution in [0.4, 0.5) is 0 Å². The summed E-state index contributed by atoms with van der Waals surface area (Å²) in [5, 5.41) is 0. The topological polar surface area (TPSA) is 6.48 Å². The van der Waals surface area contributed by atoms with Gasteiger partial charge in [-0.05, 0) is 33.8 Å². The highest BCUT2D eigenvalue weighted by Crippen LogP contribution is 2.66. The summed E-state index contributed by atoms with van der Waals surface area (Å²) in [6.45, 7) is 0. The molecular formula is C12H19Cl2N2PS. The van der Waals surface area contributed by atoms with E-state index in [4.69, 9.17) is 35.0 Å². The van der Waals surface area contributed by atoms with Gasteiger partial charge in [0, 0.05) is 6.42 Å². The molecule has 0 aliphatic heterocycles. The third-order valence-corrected chi connectivity index (χ3v) is 11.1. The van der Waals surface area contributed by atoms with Crippen LogP contribution in [0.2, 0.25) is 0 Å². The second kappa shape index (κ2) is 6.21. The van der Waals surface area contributed by atoms with Crippen molar-refractivity contribution in [3.05, 3.63) is 35.9 Å². The minimum absolute atomic E-state index is 0.546. The van der Waals surface area contributed by atoms with Gasteiger partial charge in [0.2, 0.25) is 0 Å². The van der Waals surface area contributed by atoms with Gasteiger partial charge in [-0.1, -0.05) is 65.3 Å². The van der Waals surface area contributed by atoms with Crippen molar-refractivity contribution < 1.29 is 0 Å². The van der Waals surface area contributed by atoms with Crippen molar-refractivity contribution in [3.63, 3.8) is 0 Å². The molecule has 0 aromatic heterocycles. The Balaban J connectivity index is 3.08. The first kappa shape index (κ1) is 16.4. The van der Waals surface area contributed by atoms with E-state index in [0.717, 1.165) is 5.56 Å². The summed E-state index contributed by atoms with van der Waals surface area (Å²) in [5.74, 6) is 0. The van der Waals surface area contributed by atoms with Gasteiger partial charge in [0.1, 0.15) is 6.34 Å². The monoisotopic (exact) mass is 324 g/mol. The average molecular weight is 325 g/mol. The van der Waals surface area contributed by atoms with E-state index in [1.807, 2.05) is 67.9 Å². The van der Waals surface area contributed by atoms with Gasteiger partial charge in [-0.15, -0.1) is 0 Å². The molecule has 18 heavy (non-hydrogen) atoms. The van der Waals surface area contributed by atoms with Crippen LogP contribution in [0, 0.1) is 0 Å². The Labute approximate surface area is 125 Å². The van der Waals surface area contributed by atoms with Crippen LogP contribution in [0.5, 0.6) is 0 Å². The van der Waals surface area contributed by atoms with Crippen molar-refractivity contribution in [2.45, 2.75) is 10.5 Å². The normalized spacial score (nSPS) is 13.3. The molecule has 0 unspecified atom stereocenters. The van der Waals surface area contributed by atoms with Crippen LogP contribution in [0.25, 0.3) is 0 Å². The first-order valence-electron chi connectivity index (χ1n) is 5.59. The maximum absolute atomic E-state index is 6.60. The van der Waals surface area contributed by atoms with Gasteiger partial charge >= 0.3 is 0 Å². The Bertz CT molecular complexity index is 423. The van der Waals surface area contributed by atoms with E-state index in [1.165, 1.54) is 0 Å². The Morgan fingerprint density at radius 3 is 1.89 bits per heavy atom. The number of benzene rings is 1. The van der Waals surface area contributed by atoms with Crippen LogP contribution in [-0.4, -0.2) is 41.6 Å². The SMILES string of the molecule is CN(C)P(=S)(N(C)C)C(Cl)(Cl)Cc1ccccc1. The van der Waals surface area contributed by atoms with Gasteiger partial charge in [-0.2, -0.15) is 0 Å². The molecule has 0 N–H and O–H groups in total. The lowest BCUT2D eigenvalue weighted by Gasteiger charge is -2.43. The number of hydrogen-bond donors (Lipinski definition) is 0. The summed E-state index contributed by atoms with van der Waals surface area (Å²) in [7, 11) is 7.74. The van der Waals surface area contributed by atoms with Gasteiger partial charge in [0.15, 0.2) is 4.07 Å². The Hall–Kier alpha value is 0.370. The third-order valence-electron chi connectivity index (χ3n) is 2.77. The van der Waals surface area contributed by atoms with E-state index in [1.54, 1.807) is 0 Å². The maximum Gasteiger partial charge on any atom is 0.175 e. The molecule has 1 aromatic carbocycles. The van der Waals surface area contributed by atoms with Crippen molar-refractivity contribution in [2.24, 2.45) is 0 Å². The van der Waals surface area contributed by atoms with E-state index in [9.17, 15) is 0 Å². The zero-order chi connectivity index (χ0) is 14.0. The minimum Gasteiger partial charge on any atom is -0.267 e. The second-order valence-electron chi connectivity index (χ2n) is 4.57. The first-order valence-corrected chi connectivity index (χ1v) is 9.05. The number of hydrogen-bond acceptors (Lipinski definition) is 1. The molecule has 0 amide bonds. The zero-order valence-electron chi connectivity index (χ0n) is 11.1. The Morgan fingerprint density at radius 1 is 1.06 bits per heavy atom. The van der Waals surface area contributed by atoms with Gasteiger partial charge in [0.25, 0.3) is 0 Å². The largest absolute Gasteiger partial charge is 0.267 e. The lowest BCUT2D eigenvalue weighted by Crippen LogP contribution is -2.33. The highest BCUT2D eigenvalue weighted by Gasteiger charge is 2.44. The van der Waals surface area contributed by atoms with E-state index in [-0.39, 0.29) is 0 Å². The molecule has 0 saturated heterocycles. The molecule has 0 radical (unpaired) electrons. The zero-order valence-corrected chi connectivity index (χ0v) is 14.3. The highest BCUT2D eigenvalue weighted by molar-refractivity contribution is 8.14. The van der Waals surface area contributed by atoms with Gasteiger partial charge < -0.3 is 0 Å². The van der Waals surface area contributed by atoms with Crippen LogP contribution in [-0.2, 0) is 18.2 Å². The fourth-order valence-corrected chi connectivity index (χ4v) is 6.48. The smallest absolute Gasteiger partial charge is 0.175 e. The molecule has 0 heterocycles. The summed E-state index contributed by atoms with van der Waals surface area (Å²) < 4.78 is 2.98. The van der Waals surface area contributed by atoms with Crippen LogP contribution in [0.3, 0.4) is 0 Å².